The van der Waals surface area contributed by atoms with Gasteiger partial charge in [-0.15, -0.1) is 0 Å². The minimum atomic E-state index is -4.53. The first kappa shape index (κ1) is 25.7. The van der Waals surface area contributed by atoms with Crippen molar-refractivity contribution in [1.82, 2.24) is 20.0 Å². The number of anilines is 1. The molecular weight excluding hydrogens is 486 g/mol. The topological polar surface area (TPSA) is 103 Å². The van der Waals surface area contributed by atoms with Gasteiger partial charge in [0.2, 0.25) is 5.82 Å². The van der Waals surface area contributed by atoms with Crippen LogP contribution in [0.25, 0.3) is 22.4 Å². The van der Waals surface area contributed by atoms with E-state index < -0.39 is 36.6 Å². The number of aromatic nitrogens is 3. The normalized spacial score (nSPS) is 18.9. The van der Waals surface area contributed by atoms with Crippen LogP contribution in [0.1, 0.15) is 33.1 Å². The zero-order chi connectivity index (χ0) is 26.1. The monoisotopic (exact) mass is 513 g/mol. The number of ether oxygens (including phenoxy) is 2. The molecule has 196 valence electrons. The van der Waals surface area contributed by atoms with Gasteiger partial charge in [0, 0.05) is 23.2 Å². The molecule has 0 spiro atoms. The molecule has 13 heteroatoms. The minimum Gasteiger partial charge on any atom is -0.439 e. The number of benzene rings is 1. The van der Waals surface area contributed by atoms with Crippen LogP contribution in [0.2, 0.25) is 0 Å². The zero-order valence-electron chi connectivity index (χ0n) is 20.0. The lowest BCUT2D eigenvalue weighted by atomic mass is 10.1. The first-order valence-corrected chi connectivity index (χ1v) is 11.3. The first-order chi connectivity index (χ1) is 16.9. The van der Waals surface area contributed by atoms with Crippen molar-refractivity contribution in [3.05, 3.63) is 30.2 Å². The van der Waals surface area contributed by atoms with Crippen molar-refractivity contribution >= 4 is 22.7 Å². The molecule has 3 aromatic rings. The number of nitrogens with one attached hydrogen (secondary N) is 2. The van der Waals surface area contributed by atoms with Crippen LogP contribution >= 0.6 is 0 Å². The summed E-state index contributed by atoms with van der Waals surface area (Å²) in [5.41, 5.74) is 0.278. The van der Waals surface area contributed by atoms with E-state index in [1.54, 1.807) is 32.9 Å². The quantitative estimate of drug-likeness (QED) is 0.456. The van der Waals surface area contributed by atoms with E-state index in [2.05, 4.69) is 20.8 Å². The number of rotatable bonds is 6. The van der Waals surface area contributed by atoms with Gasteiger partial charge >= 0.3 is 12.3 Å². The number of hydrogen-bond donors (Lipinski definition) is 2. The van der Waals surface area contributed by atoms with Gasteiger partial charge in [-0.05, 0) is 45.4 Å². The van der Waals surface area contributed by atoms with Gasteiger partial charge in [0.25, 0.3) is 5.89 Å². The number of amides is 1. The second-order valence-corrected chi connectivity index (χ2v) is 9.56. The molecule has 9 nitrogen and oxygen atoms in total. The second kappa shape index (κ2) is 9.96. The predicted octanol–water partition coefficient (Wildman–Crippen LogP) is 4.82. The lowest BCUT2D eigenvalue weighted by molar-refractivity contribution is -0.139. The molecule has 1 aliphatic rings. The van der Waals surface area contributed by atoms with Crippen LogP contribution in [0, 0.1) is 0 Å². The smallest absolute Gasteiger partial charge is 0.408 e. The molecule has 1 aliphatic heterocycles. The van der Waals surface area contributed by atoms with E-state index in [0.29, 0.717) is 24.1 Å². The van der Waals surface area contributed by atoms with Crippen LogP contribution in [-0.4, -0.2) is 57.9 Å². The summed E-state index contributed by atoms with van der Waals surface area (Å²) in [6.07, 6.45) is -6.07. The second-order valence-electron chi connectivity index (χ2n) is 9.56. The van der Waals surface area contributed by atoms with Gasteiger partial charge in [0.05, 0.1) is 23.9 Å². The van der Waals surface area contributed by atoms with Gasteiger partial charge in [-0.2, -0.15) is 18.2 Å². The van der Waals surface area contributed by atoms with Crippen molar-refractivity contribution in [3.8, 4) is 11.5 Å². The summed E-state index contributed by atoms with van der Waals surface area (Å²) >= 11 is 0. The minimum absolute atomic E-state index is 0.0462. The van der Waals surface area contributed by atoms with Gasteiger partial charge < -0.3 is 29.2 Å². The zero-order valence-corrected chi connectivity index (χ0v) is 20.0. The summed E-state index contributed by atoms with van der Waals surface area (Å²) in [6.45, 7) is 4.01. The van der Waals surface area contributed by atoms with Crippen molar-refractivity contribution in [2.75, 3.05) is 18.5 Å². The lowest BCUT2D eigenvalue weighted by Crippen LogP contribution is -2.40. The molecule has 3 heterocycles. The molecule has 4 rings (SSSR count). The van der Waals surface area contributed by atoms with Crippen LogP contribution in [0.15, 0.2) is 28.8 Å². The Morgan fingerprint density at radius 2 is 2.06 bits per heavy atom. The van der Waals surface area contributed by atoms with Crippen LogP contribution in [-0.2, 0) is 22.6 Å². The van der Waals surface area contributed by atoms with E-state index in [1.807, 2.05) is 0 Å². The molecule has 0 aliphatic carbocycles. The van der Waals surface area contributed by atoms with Gasteiger partial charge in [-0.25, -0.2) is 9.18 Å². The Bertz CT molecular complexity index is 1220. The lowest BCUT2D eigenvalue weighted by Gasteiger charge is -2.28. The highest BCUT2D eigenvalue weighted by atomic mass is 19.4. The van der Waals surface area contributed by atoms with Crippen LogP contribution in [0.5, 0.6) is 0 Å². The van der Waals surface area contributed by atoms with E-state index in [-0.39, 0.29) is 36.1 Å². The van der Waals surface area contributed by atoms with Crippen molar-refractivity contribution in [3.63, 3.8) is 0 Å². The molecule has 1 amide bonds. The maximum Gasteiger partial charge on any atom is 0.408 e. The highest BCUT2D eigenvalue weighted by molar-refractivity contribution is 5.96. The SMILES string of the molecule is CC(C)(C)NC(=O)OCc1nc(-c2cc3c(N[C@@H]4CCOC[C@@H]4F)cccc3n2CC(F)(F)F)no1. The van der Waals surface area contributed by atoms with Crippen LogP contribution < -0.4 is 10.6 Å². The van der Waals surface area contributed by atoms with Crippen molar-refractivity contribution in [2.24, 2.45) is 0 Å². The molecule has 0 bridgehead atoms. The summed E-state index contributed by atoms with van der Waals surface area (Å²) < 4.78 is 71.1. The number of alkyl halides is 4. The average Bonchev–Trinajstić information content (AvgIpc) is 3.37. The van der Waals surface area contributed by atoms with Gasteiger partial charge in [-0.1, -0.05) is 11.2 Å². The van der Waals surface area contributed by atoms with Gasteiger partial charge in [0.1, 0.15) is 12.7 Å². The van der Waals surface area contributed by atoms with Gasteiger partial charge in [0.15, 0.2) is 6.61 Å². The molecule has 0 unspecified atom stereocenters. The summed E-state index contributed by atoms with van der Waals surface area (Å²) in [4.78, 5) is 16.0. The fraction of sp³-hybridized carbons (Fsp3) is 0.522. The van der Waals surface area contributed by atoms with E-state index in [9.17, 15) is 22.4 Å². The fourth-order valence-electron chi connectivity index (χ4n) is 3.90. The molecular formula is C23H27F4N5O4. The van der Waals surface area contributed by atoms with Crippen molar-refractivity contribution in [2.45, 2.75) is 64.3 Å². The first-order valence-electron chi connectivity index (χ1n) is 11.3. The maximum atomic E-state index is 14.3. The Morgan fingerprint density at radius 3 is 2.75 bits per heavy atom. The number of fused-ring (bicyclic) bond motifs is 1. The Kier molecular flexibility index (Phi) is 7.12. The van der Waals surface area contributed by atoms with E-state index in [0.717, 1.165) is 4.57 Å². The Balaban J connectivity index is 1.64. The number of alkyl carbamates (subject to hydrolysis) is 1. The number of halogens is 4. The average molecular weight is 513 g/mol. The molecule has 1 fully saturated rings. The molecule has 0 saturated carbocycles. The molecule has 0 radical (unpaired) electrons. The van der Waals surface area contributed by atoms with E-state index >= 15 is 0 Å². The largest absolute Gasteiger partial charge is 0.439 e. The summed E-state index contributed by atoms with van der Waals surface area (Å²) in [7, 11) is 0. The Labute approximate surface area is 204 Å². The van der Waals surface area contributed by atoms with E-state index in [4.69, 9.17) is 14.0 Å². The van der Waals surface area contributed by atoms with E-state index in [1.165, 1.54) is 12.1 Å². The molecule has 36 heavy (non-hydrogen) atoms. The third-order valence-electron chi connectivity index (χ3n) is 5.41. The Morgan fingerprint density at radius 1 is 1.28 bits per heavy atom. The summed E-state index contributed by atoms with van der Waals surface area (Å²) in [5.74, 6) is -0.190. The Hall–Kier alpha value is -3.35. The van der Waals surface area contributed by atoms with Gasteiger partial charge in [-0.3, -0.25) is 0 Å². The molecule has 2 atom stereocenters. The molecule has 2 N–H and O–H groups in total. The highest BCUT2D eigenvalue weighted by Gasteiger charge is 2.32. The molecule has 1 aromatic carbocycles. The van der Waals surface area contributed by atoms with Crippen molar-refractivity contribution < 1.29 is 36.4 Å². The summed E-state index contributed by atoms with van der Waals surface area (Å²) in [5, 5.41) is 9.95. The van der Waals surface area contributed by atoms with Crippen LogP contribution in [0.4, 0.5) is 28.0 Å². The third kappa shape index (κ3) is 6.25. The highest BCUT2D eigenvalue weighted by Crippen LogP contribution is 2.35. The number of nitrogens with zero attached hydrogens (tertiary/aromatic N) is 3. The predicted molar refractivity (Wildman–Crippen MR) is 122 cm³/mol. The number of hydrogen-bond acceptors (Lipinski definition) is 7. The molecule has 2 aromatic heterocycles. The number of carbonyl (C=O) groups is 1. The summed E-state index contributed by atoms with van der Waals surface area (Å²) in [6, 6.07) is 5.77. The van der Waals surface area contributed by atoms with Crippen LogP contribution in [0.3, 0.4) is 0 Å². The fourth-order valence-corrected chi connectivity index (χ4v) is 3.90. The standard InChI is InChI=1S/C23H27F4N5O4/c1-22(2,3)30-21(33)35-11-19-29-20(31-36-19)18-9-13-15(28-16-7-8-34-10-14(16)24)5-4-6-17(13)32(18)12-23(25,26)27/h4-6,9,14,16,28H,7-8,10-12H2,1-3H3,(H,30,33)/t14-,16+/m0/s1. The van der Waals surface area contributed by atoms with Crippen molar-refractivity contribution in [1.29, 1.82) is 0 Å². The maximum absolute atomic E-state index is 14.3. The number of carbonyl (C=O) groups excluding carboxylic acids is 1. The third-order valence-corrected chi connectivity index (χ3v) is 5.41. The molecule has 1 saturated heterocycles.